The second-order valence-electron chi connectivity index (χ2n) is 8.19. The van der Waals surface area contributed by atoms with Gasteiger partial charge in [-0.15, -0.1) is 0 Å². The van der Waals surface area contributed by atoms with E-state index in [4.69, 9.17) is 0 Å². The van der Waals surface area contributed by atoms with Crippen LogP contribution < -0.4 is 0 Å². The molecule has 0 aromatic heterocycles. The van der Waals surface area contributed by atoms with Gasteiger partial charge in [-0.25, -0.2) is 9.18 Å². The number of amides is 2. The summed E-state index contributed by atoms with van der Waals surface area (Å²) in [6.45, 7) is 4.55. The zero-order chi connectivity index (χ0) is 25.0. The van der Waals surface area contributed by atoms with Crippen LogP contribution in [0.1, 0.15) is 35.6 Å². The van der Waals surface area contributed by atoms with Crippen molar-refractivity contribution in [1.29, 1.82) is 0 Å². The molecule has 182 valence electrons. The maximum atomic E-state index is 12.9. The Labute approximate surface area is 187 Å². The molecule has 33 heavy (non-hydrogen) atoms. The number of hydrogen-bond acceptors (Lipinski definition) is 1. The Morgan fingerprint density at radius 2 is 1.61 bits per heavy atom. The lowest BCUT2D eigenvalue weighted by molar-refractivity contribution is -0.143. The number of rotatable bonds is 2. The first-order valence-electron chi connectivity index (χ1n) is 10.2. The minimum Gasteiger partial charge on any atom is -0.324 e. The maximum Gasteiger partial charge on any atom is 0.416 e. The van der Waals surface area contributed by atoms with E-state index in [2.05, 4.69) is 0 Å². The van der Waals surface area contributed by atoms with Crippen LogP contribution in [0.2, 0.25) is 0 Å². The summed E-state index contributed by atoms with van der Waals surface area (Å²) in [6, 6.07) is 7.46. The van der Waals surface area contributed by atoms with Gasteiger partial charge < -0.3 is 9.80 Å². The molecular formula is C23H25F7N2O. The van der Waals surface area contributed by atoms with Gasteiger partial charge in [0.15, 0.2) is 0 Å². The van der Waals surface area contributed by atoms with E-state index in [0.717, 1.165) is 16.9 Å². The molecule has 1 heterocycles. The van der Waals surface area contributed by atoms with Gasteiger partial charge in [-0.05, 0) is 60.7 Å². The van der Waals surface area contributed by atoms with Gasteiger partial charge in [-0.2, -0.15) is 26.3 Å². The van der Waals surface area contributed by atoms with E-state index in [1.54, 1.807) is 11.0 Å². The molecule has 10 heteroatoms. The lowest BCUT2D eigenvalue weighted by Crippen LogP contribution is -2.39. The second-order valence-corrected chi connectivity index (χ2v) is 8.19. The average molecular weight is 478 g/mol. The van der Waals surface area contributed by atoms with E-state index in [1.807, 2.05) is 19.9 Å². The Bertz CT molecular complexity index is 907. The molecule has 0 spiro atoms. The molecule has 2 amide bonds. The molecule has 0 saturated carbocycles. The largest absolute Gasteiger partial charge is 0.416 e. The number of aryl methyl sites for hydroxylation is 1. The van der Waals surface area contributed by atoms with Crippen molar-refractivity contribution in [2.75, 3.05) is 20.1 Å². The summed E-state index contributed by atoms with van der Waals surface area (Å²) in [6.07, 6.45) is -8.98. The van der Waals surface area contributed by atoms with Crippen LogP contribution in [0, 0.1) is 18.7 Å². The number of hydrogen-bond donors (Lipinski definition) is 0. The van der Waals surface area contributed by atoms with Gasteiger partial charge in [0.2, 0.25) is 0 Å². The van der Waals surface area contributed by atoms with Gasteiger partial charge in [0.25, 0.3) is 0 Å². The first-order valence-corrected chi connectivity index (χ1v) is 10.2. The third-order valence-corrected chi connectivity index (χ3v) is 5.07. The smallest absolute Gasteiger partial charge is 0.324 e. The molecule has 3 rings (SSSR count). The van der Waals surface area contributed by atoms with Crippen molar-refractivity contribution in [1.82, 2.24) is 9.80 Å². The lowest BCUT2D eigenvalue weighted by Gasteiger charge is -2.25. The molecule has 0 aliphatic carbocycles. The monoisotopic (exact) mass is 478 g/mol. The Hall–Kier alpha value is -2.78. The quantitative estimate of drug-likeness (QED) is 0.438. The summed E-state index contributed by atoms with van der Waals surface area (Å²) in [5, 5.41) is 0. The maximum absolute atomic E-state index is 12.9. The number of carbonyl (C=O) groups excluding carboxylic acids is 1. The van der Waals surface area contributed by atoms with Crippen LogP contribution in [0.15, 0.2) is 42.5 Å². The van der Waals surface area contributed by atoms with Crippen LogP contribution in [0.4, 0.5) is 35.5 Å². The standard InChI is InChI=1S/C16H18F6N2O.C7H7F/c1-10-3-4-24(8-10)14(25)23(2)9-11-5-12(15(17,18)19)7-13(6-11)16(20,21)22;1-6-3-2-4-7(8)5-6/h5-7,10H,3-4,8-9H2,1-2H3;2-5H,1H3. The number of benzene rings is 2. The molecule has 1 saturated heterocycles. The van der Waals surface area contributed by atoms with Gasteiger partial charge >= 0.3 is 18.4 Å². The molecule has 2 aromatic rings. The van der Waals surface area contributed by atoms with Crippen LogP contribution in [-0.2, 0) is 18.9 Å². The van der Waals surface area contributed by atoms with Crippen molar-refractivity contribution < 1.29 is 35.5 Å². The zero-order valence-corrected chi connectivity index (χ0v) is 18.4. The van der Waals surface area contributed by atoms with E-state index in [1.165, 1.54) is 19.2 Å². The molecule has 1 aliphatic rings. The molecule has 1 unspecified atom stereocenters. The molecule has 1 fully saturated rings. The number of carbonyl (C=O) groups is 1. The molecule has 0 N–H and O–H groups in total. The van der Waals surface area contributed by atoms with Gasteiger partial charge in [0.05, 0.1) is 11.1 Å². The Morgan fingerprint density at radius 3 is 2.00 bits per heavy atom. The SMILES string of the molecule is CC1CCN(C(=O)N(C)Cc2cc(C(F)(F)F)cc(C(F)(F)F)c2)C1.Cc1cccc(F)c1. The summed E-state index contributed by atoms with van der Waals surface area (Å²) in [5.41, 5.74) is -2.02. The zero-order valence-electron chi connectivity index (χ0n) is 18.4. The van der Waals surface area contributed by atoms with Crippen LogP contribution >= 0.6 is 0 Å². The van der Waals surface area contributed by atoms with Gasteiger partial charge in [0, 0.05) is 26.7 Å². The average Bonchev–Trinajstić information content (AvgIpc) is 3.12. The highest BCUT2D eigenvalue weighted by molar-refractivity contribution is 5.74. The van der Waals surface area contributed by atoms with E-state index in [-0.39, 0.29) is 24.0 Å². The Kier molecular flexibility index (Phi) is 8.37. The van der Waals surface area contributed by atoms with Crippen molar-refractivity contribution in [2.24, 2.45) is 5.92 Å². The molecule has 2 aromatic carbocycles. The Balaban J connectivity index is 0.000000405. The number of nitrogens with zero attached hydrogens (tertiary/aromatic N) is 2. The highest BCUT2D eigenvalue weighted by Gasteiger charge is 2.37. The number of urea groups is 1. The minimum absolute atomic E-state index is 0.0769. The fourth-order valence-electron chi connectivity index (χ4n) is 3.41. The van der Waals surface area contributed by atoms with Crippen molar-refractivity contribution in [3.63, 3.8) is 0 Å². The third kappa shape index (κ3) is 7.94. The van der Waals surface area contributed by atoms with Crippen molar-refractivity contribution >= 4 is 6.03 Å². The molecule has 1 atom stereocenters. The van der Waals surface area contributed by atoms with Gasteiger partial charge in [-0.3, -0.25) is 0 Å². The lowest BCUT2D eigenvalue weighted by atomic mass is 10.0. The predicted molar refractivity (Wildman–Crippen MR) is 110 cm³/mol. The van der Waals surface area contributed by atoms with Crippen LogP contribution in [-0.4, -0.2) is 36.0 Å². The van der Waals surface area contributed by atoms with Crippen molar-refractivity contribution in [2.45, 2.75) is 39.2 Å². The summed E-state index contributed by atoms with van der Waals surface area (Å²) >= 11 is 0. The molecule has 1 aliphatic heterocycles. The van der Waals surface area contributed by atoms with Crippen molar-refractivity contribution in [3.05, 3.63) is 70.5 Å². The van der Waals surface area contributed by atoms with E-state index < -0.39 is 29.5 Å². The summed E-state index contributed by atoms with van der Waals surface area (Å²) in [7, 11) is 1.36. The summed E-state index contributed by atoms with van der Waals surface area (Å²) in [5.74, 6) is 0.160. The van der Waals surface area contributed by atoms with Crippen LogP contribution in [0.25, 0.3) is 0 Å². The number of alkyl halides is 6. The minimum atomic E-state index is -4.90. The fourth-order valence-corrected chi connectivity index (χ4v) is 3.41. The predicted octanol–water partition coefficient (Wildman–Crippen LogP) is 6.75. The first kappa shape index (κ1) is 26.5. The fraction of sp³-hybridized carbons (Fsp3) is 0.435. The second kappa shape index (κ2) is 10.4. The normalized spacial score (nSPS) is 16.3. The number of likely N-dealkylation sites (tertiary alicyclic amines) is 1. The van der Waals surface area contributed by atoms with Crippen LogP contribution in [0.3, 0.4) is 0 Å². The highest BCUT2D eigenvalue weighted by Crippen LogP contribution is 2.36. The van der Waals surface area contributed by atoms with E-state index in [0.29, 0.717) is 31.1 Å². The first-order chi connectivity index (χ1) is 15.2. The molecule has 0 radical (unpaired) electrons. The molecule has 3 nitrogen and oxygen atoms in total. The van der Waals surface area contributed by atoms with E-state index in [9.17, 15) is 35.5 Å². The summed E-state index contributed by atoms with van der Waals surface area (Å²) < 4.78 is 89.4. The van der Waals surface area contributed by atoms with Gasteiger partial charge in [-0.1, -0.05) is 19.1 Å². The topological polar surface area (TPSA) is 23.6 Å². The van der Waals surface area contributed by atoms with E-state index >= 15 is 0 Å². The van der Waals surface area contributed by atoms with Crippen LogP contribution in [0.5, 0.6) is 0 Å². The highest BCUT2D eigenvalue weighted by atomic mass is 19.4. The van der Waals surface area contributed by atoms with Crippen molar-refractivity contribution in [3.8, 4) is 0 Å². The molecule has 0 bridgehead atoms. The van der Waals surface area contributed by atoms with Gasteiger partial charge in [0.1, 0.15) is 5.82 Å². The molecular weight excluding hydrogens is 453 g/mol. The number of halogens is 7. The summed E-state index contributed by atoms with van der Waals surface area (Å²) in [4.78, 5) is 14.9. The Morgan fingerprint density at radius 1 is 1.03 bits per heavy atom. The third-order valence-electron chi connectivity index (χ3n) is 5.07.